The van der Waals surface area contributed by atoms with Gasteiger partial charge in [0.15, 0.2) is 18.9 Å². The first-order chi connectivity index (χ1) is 38.4. The minimum absolute atomic E-state index is 0.0195. The minimum atomic E-state index is -1.21. The number of hydrogen-bond donors (Lipinski definition) is 11. The summed E-state index contributed by atoms with van der Waals surface area (Å²) in [5, 5.41) is 95.5. The first-order valence-corrected chi connectivity index (χ1v) is 28.6. The number of aliphatic hydroxyl groups is 9. The van der Waals surface area contributed by atoms with Gasteiger partial charge in [0.2, 0.25) is 5.91 Å². The van der Waals surface area contributed by atoms with Gasteiger partial charge in [-0.1, -0.05) is 34.6 Å². The lowest BCUT2D eigenvalue weighted by Gasteiger charge is -2.40. The van der Waals surface area contributed by atoms with E-state index >= 15 is 0 Å². The van der Waals surface area contributed by atoms with Crippen molar-refractivity contribution in [2.24, 2.45) is 17.8 Å². The zero-order chi connectivity index (χ0) is 58.9. The Kier molecular flexibility index (Phi) is 37.1. The summed E-state index contributed by atoms with van der Waals surface area (Å²) in [7, 11) is 0. The number of nitrogens with one attached hydrogen (secondary N) is 2. The summed E-state index contributed by atoms with van der Waals surface area (Å²) in [6, 6.07) is -0.0195. The van der Waals surface area contributed by atoms with Gasteiger partial charge in [0.25, 0.3) is 0 Å². The number of carbonyl (C=O) groups is 3. The van der Waals surface area contributed by atoms with Crippen molar-refractivity contribution in [2.45, 2.75) is 184 Å². The summed E-state index contributed by atoms with van der Waals surface area (Å²) in [6.45, 7) is 11.7. The van der Waals surface area contributed by atoms with Crippen LogP contribution < -0.4 is 10.6 Å². The Labute approximate surface area is 471 Å². The fourth-order valence-corrected chi connectivity index (χ4v) is 9.53. The van der Waals surface area contributed by atoms with E-state index in [0.29, 0.717) is 58.5 Å². The molecule has 3 heterocycles. The molecule has 3 aliphatic rings. The molecule has 1 amide bonds. The van der Waals surface area contributed by atoms with E-state index in [1.807, 2.05) is 13.8 Å². The third-order valence-electron chi connectivity index (χ3n) is 14.5. The number of ether oxygens (including phenoxy) is 12. The Bertz CT molecular complexity index is 1460. The zero-order valence-electron chi connectivity index (χ0n) is 47.9. The molecule has 80 heavy (non-hydrogen) atoms. The largest absolute Gasteiger partial charge is 0.394 e. The molecule has 26 nitrogen and oxygen atoms in total. The first-order valence-electron chi connectivity index (χ1n) is 28.6. The molecule has 0 spiro atoms. The van der Waals surface area contributed by atoms with Crippen LogP contribution in [0.15, 0.2) is 0 Å². The summed E-state index contributed by atoms with van der Waals surface area (Å²) in [5.74, 6) is -1.66. The van der Waals surface area contributed by atoms with E-state index in [1.165, 1.54) is 0 Å². The number of carbonyl (C=O) groups excluding carboxylic acids is 3. The van der Waals surface area contributed by atoms with Gasteiger partial charge in [0, 0.05) is 81.2 Å². The van der Waals surface area contributed by atoms with E-state index in [0.717, 1.165) is 0 Å². The van der Waals surface area contributed by atoms with Gasteiger partial charge >= 0.3 is 0 Å². The average Bonchev–Trinajstić information content (AvgIpc) is 3.44. The molecule has 0 radical (unpaired) electrons. The van der Waals surface area contributed by atoms with Crippen LogP contribution in [0.1, 0.15) is 98.8 Å². The molecular weight excluding hydrogens is 1060 g/mol. The van der Waals surface area contributed by atoms with Crippen LogP contribution >= 0.6 is 0 Å². The zero-order valence-corrected chi connectivity index (χ0v) is 47.9. The van der Waals surface area contributed by atoms with Crippen LogP contribution in [0.4, 0.5) is 0 Å². The van der Waals surface area contributed by atoms with Crippen LogP contribution in [-0.2, 0) is 71.2 Å². The van der Waals surface area contributed by atoms with Crippen LogP contribution in [0.2, 0.25) is 0 Å². The maximum absolute atomic E-state index is 13.3. The SMILES string of the molecule is CC(C)NC(CCC(=O)CCCOCCOCCOC1OC(CO)C(O)C(O)C1C)(CCC(=O)CCCOCCOCCOC1OC(CO)C(O)C(O)C1C)CCC(=O)NCCOCCOCCOC1OC(CO)C(O)C(O)C1C. The highest BCUT2D eigenvalue weighted by atomic mass is 16.7. The van der Waals surface area contributed by atoms with Crippen molar-refractivity contribution in [2.75, 3.05) is 125 Å². The van der Waals surface area contributed by atoms with E-state index < -0.39 is 117 Å². The third-order valence-corrected chi connectivity index (χ3v) is 14.5. The molecule has 0 bridgehead atoms. The number of amides is 1. The number of Topliss-reactive ketones (excluding diaryl/α,β-unsaturated/α-hetero) is 2. The van der Waals surface area contributed by atoms with Gasteiger partial charge in [-0.05, 0) is 32.1 Å². The highest BCUT2D eigenvalue weighted by Crippen LogP contribution is 2.30. The predicted octanol–water partition coefficient (Wildman–Crippen LogP) is -1.75. The summed E-state index contributed by atoms with van der Waals surface area (Å²) in [4.78, 5) is 39.8. The molecule has 3 saturated heterocycles. The van der Waals surface area contributed by atoms with Gasteiger partial charge in [-0.2, -0.15) is 0 Å². The van der Waals surface area contributed by atoms with Gasteiger partial charge in [0.1, 0.15) is 48.2 Å². The van der Waals surface area contributed by atoms with Gasteiger partial charge in [0.05, 0.1) is 124 Å². The molecule has 0 saturated carbocycles. The van der Waals surface area contributed by atoms with Crippen molar-refractivity contribution in [3.8, 4) is 0 Å². The Balaban J connectivity index is 1.38. The maximum Gasteiger partial charge on any atom is 0.220 e. The van der Waals surface area contributed by atoms with Crippen LogP contribution in [0.3, 0.4) is 0 Å². The number of ketones is 2. The molecule has 15 unspecified atom stereocenters. The van der Waals surface area contributed by atoms with Crippen LogP contribution in [0.5, 0.6) is 0 Å². The van der Waals surface area contributed by atoms with Gasteiger partial charge in [-0.3, -0.25) is 14.4 Å². The van der Waals surface area contributed by atoms with Crippen molar-refractivity contribution in [3.05, 3.63) is 0 Å². The molecule has 0 aromatic carbocycles. The lowest BCUT2D eigenvalue weighted by molar-refractivity contribution is -0.284. The summed E-state index contributed by atoms with van der Waals surface area (Å²) in [5.41, 5.74) is -0.697. The van der Waals surface area contributed by atoms with Crippen LogP contribution in [0, 0.1) is 17.8 Å². The fourth-order valence-electron chi connectivity index (χ4n) is 9.53. The van der Waals surface area contributed by atoms with Crippen molar-refractivity contribution in [1.29, 1.82) is 0 Å². The molecule has 26 heteroatoms. The molecule has 0 aromatic heterocycles. The Morgan fingerprint density at radius 1 is 0.438 bits per heavy atom. The second kappa shape index (κ2) is 41.1. The monoisotopic (exact) mass is 1160 g/mol. The quantitative estimate of drug-likeness (QED) is 0.0301. The summed E-state index contributed by atoms with van der Waals surface area (Å²) in [6.07, 6.45) is -8.80. The lowest BCUT2D eigenvalue weighted by Crippen LogP contribution is -2.55. The predicted molar refractivity (Wildman–Crippen MR) is 284 cm³/mol. The van der Waals surface area contributed by atoms with Gasteiger partial charge in [-0.15, -0.1) is 0 Å². The number of rotatable bonds is 46. The van der Waals surface area contributed by atoms with Crippen LogP contribution in [0.25, 0.3) is 0 Å². The van der Waals surface area contributed by atoms with E-state index in [1.54, 1.807) is 20.8 Å². The Morgan fingerprint density at radius 2 is 0.750 bits per heavy atom. The molecule has 3 rings (SSSR count). The Hall–Kier alpha value is -2.07. The molecule has 0 aromatic rings. The molecule has 0 aliphatic carbocycles. The van der Waals surface area contributed by atoms with Crippen molar-refractivity contribution >= 4 is 17.5 Å². The van der Waals surface area contributed by atoms with E-state index in [-0.39, 0.29) is 135 Å². The van der Waals surface area contributed by atoms with E-state index in [2.05, 4.69) is 10.6 Å². The number of aliphatic hydroxyl groups excluding tert-OH is 9. The average molecular weight is 1160 g/mol. The lowest BCUT2D eigenvalue weighted by atomic mass is 9.81. The van der Waals surface area contributed by atoms with Crippen LogP contribution in [-0.4, -0.2) is 274 Å². The molecule has 3 fully saturated rings. The van der Waals surface area contributed by atoms with Crippen molar-refractivity contribution in [1.82, 2.24) is 10.6 Å². The topological polar surface area (TPSA) is 368 Å². The standard InChI is InChI=1S/C54H100N2O24/c1-35(2)56-54(13-10-39(60)8-6-17-69-20-23-72-26-29-75-51-36(3)45(63)48(66)41(32-57)78-51,14-11-40(61)9-7-18-70-21-24-73-27-30-76-52-37(4)46(64)49(67)42(33-58)79-52)15-12-44(62)55-16-19-71-22-25-74-28-31-77-53-38(5)47(65)50(68)43(34-59)80-53/h35-38,41-43,45-53,56-59,63-68H,6-34H2,1-5H3,(H,55,62). The molecular formula is C54H100N2O24. The maximum atomic E-state index is 13.3. The molecule has 11 N–H and O–H groups in total. The van der Waals surface area contributed by atoms with Gasteiger partial charge in [-0.25, -0.2) is 0 Å². The number of hydrogen-bond acceptors (Lipinski definition) is 25. The first kappa shape index (κ1) is 72.2. The summed E-state index contributed by atoms with van der Waals surface area (Å²) < 4.78 is 67.3. The third kappa shape index (κ3) is 26.9. The molecule has 15 atom stereocenters. The fraction of sp³-hybridized carbons (Fsp3) is 0.944. The van der Waals surface area contributed by atoms with E-state index in [9.17, 15) is 60.3 Å². The second-order valence-electron chi connectivity index (χ2n) is 21.2. The minimum Gasteiger partial charge on any atom is -0.394 e. The molecule has 3 aliphatic heterocycles. The van der Waals surface area contributed by atoms with Gasteiger partial charge < -0.3 is 113 Å². The highest BCUT2D eigenvalue weighted by Gasteiger charge is 2.45. The summed E-state index contributed by atoms with van der Waals surface area (Å²) >= 11 is 0. The normalized spacial score (nSPS) is 29.9. The highest BCUT2D eigenvalue weighted by molar-refractivity contribution is 5.79. The smallest absolute Gasteiger partial charge is 0.220 e. The second-order valence-corrected chi connectivity index (χ2v) is 21.2. The molecule has 470 valence electrons. The van der Waals surface area contributed by atoms with E-state index in [4.69, 9.17) is 56.8 Å². The Morgan fingerprint density at radius 3 is 1.09 bits per heavy atom. The van der Waals surface area contributed by atoms with Crippen molar-refractivity contribution in [3.63, 3.8) is 0 Å². The van der Waals surface area contributed by atoms with Crippen molar-refractivity contribution < 1.29 is 117 Å².